The fourth-order valence-electron chi connectivity index (χ4n) is 2.85. The molecule has 0 aromatic heterocycles. The van der Waals surface area contributed by atoms with Crippen LogP contribution in [0.1, 0.15) is 28.8 Å². The van der Waals surface area contributed by atoms with Crippen LogP contribution < -0.4 is 10.1 Å². The van der Waals surface area contributed by atoms with E-state index in [4.69, 9.17) is 9.84 Å². The van der Waals surface area contributed by atoms with Gasteiger partial charge in [-0.1, -0.05) is 12.6 Å². The number of rotatable bonds is 4. The minimum Gasteiger partial charge on any atom is -0.509 e. The molecule has 0 spiro atoms. The quantitative estimate of drug-likeness (QED) is 0.635. The van der Waals surface area contributed by atoms with Crippen LogP contribution in [0.3, 0.4) is 0 Å². The molecule has 2 N–H and O–H groups in total. The molecule has 1 atom stereocenters. The van der Waals surface area contributed by atoms with Crippen molar-refractivity contribution in [2.45, 2.75) is 25.4 Å². The van der Waals surface area contributed by atoms with Gasteiger partial charge in [-0.15, -0.1) is 0 Å². The minimum atomic E-state index is -0.659. The van der Waals surface area contributed by atoms with Gasteiger partial charge in [0.1, 0.15) is 24.2 Å². The number of aliphatic hydroxyl groups is 1. The normalized spacial score (nSPS) is 20.3. The topological polar surface area (TPSA) is 95.9 Å². The maximum atomic E-state index is 12.6. The lowest BCUT2D eigenvalue weighted by Gasteiger charge is -2.29. The fourth-order valence-corrected chi connectivity index (χ4v) is 2.85. The molecule has 0 bridgehead atoms. The van der Waals surface area contributed by atoms with E-state index in [-0.39, 0.29) is 37.1 Å². The number of amides is 3. The van der Waals surface area contributed by atoms with E-state index in [2.05, 4.69) is 11.9 Å². The molecule has 1 aromatic rings. The van der Waals surface area contributed by atoms with Crippen molar-refractivity contribution in [3.63, 3.8) is 0 Å². The molecule has 2 aliphatic rings. The van der Waals surface area contributed by atoms with Crippen molar-refractivity contribution in [1.29, 1.82) is 0 Å². The van der Waals surface area contributed by atoms with Gasteiger partial charge in [0.15, 0.2) is 0 Å². The first-order valence-electron chi connectivity index (χ1n) is 7.23. The van der Waals surface area contributed by atoms with Gasteiger partial charge in [-0.05, 0) is 18.6 Å². The largest absolute Gasteiger partial charge is 0.509 e. The average molecular weight is 316 g/mol. The Balaban J connectivity index is 1.84. The summed E-state index contributed by atoms with van der Waals surface area (Å²) in [6, 6.07) is 4.39. The predicted octanol–water partition coefficient (Wildman–Crippen LogP) is 0.898. The Bertz CT molecular complexity index is 712. The minimum absolute atomic E-state index is 0.0664. The second-order valence-corrected chi connectivity index (χ2v) is 5.54. The lowest BCUT2D eigenvalue weighted by Crippen LogP contribution is -2.52. The van der Waals surface area contributed by atoms with Gasteiger partial charge in [0.05, 0.1) is 6.54 Å². The SMILES string of the molecule is C=C(O)COc1cccc2c1CN(C1CCC(=O)NC1=O)C2=O. The molecule has 7 heteroatoms. The van der Waals surface area contributed by atoms with Crippen molar-refractivity contribution < 1.29 is 24.2 Å². The number of hydrogen-bond donors (Lipinski definition) is 2. The van der Waals surface area contributed by atoms with Crippen LogP contribution in [0, 0.1) is 0 Å². The Labute approximate surface area is 132 Å². The van der Waals surface area contributed by atoms with Crippen LogP contribution in [-0.4, -0.2) is 40.4 Å². The summed E-state index contributed by atoms with van der Waals surface area (Å²) in [6.07, 6.45) is 0.526. The van der Waals surface area contributed by atoms with Crippen molar-refractivity contribution in [2.75, 3.05) is 6.61 Å². The van der Waals surface area contributed by atoms with Crippen molar-refractivity contribution in [2.24, 2.45) is 0 Å². The second kappa shape index (κ2) is 5.75. The summed E-state index contributed by atoms with van der Waals surface area (Å²) in [7, 11) is 0. The van der Waals surface area contributed by atoms with Gasteiger partial charge < -0.3 is 14.7 Å². The highest BCUT2D eigenvalue weighted by atomic mass is 16.5. The van der Waals surface area contributed by atoms with Gasteiger partial charge in [0.2, 0.25) is 11.8 Å². The first-order chi connectivity index (χ1) is 11.0. The van der Waals surface area contributed by atoms with E-state index in [1.165, 1.54) is 4.90 Å². The molecule has 3 rings (SSSR count). The molecule has 3 amide bonds. The Kier molecular flexibility index (Phi) is 3.77. The highest BCUT2D eigenvalue weighted by Gasteiger charge is 2.40. The summed E-state index contributed by atoms with van der Waals surface area (Å²) in [6.45, 7) is 3.52. The number of hydrogen-bond acceptors (Lipinski definition) is 5. The number of nitrogens with zero attached hydrogens (tertiary/aromatic N) is 1. The Morgan fingerprint density at radius 2 is 2.17 bits per heavy atom. The first-order valence-corrected chi connectivity index (χ1v) is 7.23. The number of aliphatic hydroxyl groups excluding tert-OH is 1. The summed E-state index contributed by atoms with van der Waals surface area (Å²) in [5.74, 6) is -0.674. The summed E-state index contributed by atoms with van der Waals surface area (Å²) < 4.78 is 5.46. The average Bonchev–Trinajstić information content (AvgIpc) is 2.83. The summed E-state index contributed by atoms with van der Waals surface area (Å²) in [5.41, 5.74) is 1.14. The zero-order valence-electron chi connectivity index (χ0n) is 12.4. The van der Waals surface area contributed by atoms with Crippen molar-refractivity contribution >= 4 is 17.7 Å². The Hall–Kier alpha value is -2.83. The van der Waals surface area contributed by atoms with Crippen LogP contribution >= 0.6 is 0 Å². The summed E-state index contributed by atoms with van der Waals surface area (Å²) >= 11 is 0. The van der Waals surface area contributed by atoms with E-state index < -0.39 is 11.9 Å². The van der Waals surface area contributed by atoms with Crippen LogP contribution in [0.15, 0.2) is 30.5 Å². The maximum absolute atomic E-state index is 12.6. The zero-order valence-corrected chi connectivity index (χ0v) is 12.4. The van der Waals surface area contributed by atoms with Gasteiger partial charge in [0.25, 0.3) is 5.91 Å². The third-order valence-electron chi connectivity index (χ3n) is 3.93. The number of benzene rings is 1. The molecular formula is C16H16N2O5. The van der Waals surface area contributed by atoms with Gasteiger partial charge >= 0.3 is 0 Å². The van der Waals surface area contributed by atoms with Gasteiger partial charge in [0, 0.05) is 17.5 Å². The number of nitrogens with one attached hydrogen (secondary N) is 1. The zero-order chi connectivity index (χ0) is 16.6. The number of piperidine rings is 1. The number of carbonyl (C=O) groups excluding carboxylic acids is 3. The molecular weight excluding hydrogens is 300 g/mol. The van der Waals surface area contributed by atoms with Gasteiger partial charge in [-0.2, -0.15) is 0 Å². The number of fused-ring (bicyclic) bond motifs is 1. The number of carbonyl (C=O) groups is 3. The molecule has 0 saturated carbocycles. The monoisotopic (exact) mass is 316 g/mol. The third-order valence-corrected chi connectivity index (χ3v) is 3.93. The van der Waals surface area contributed by atoms with E-state index in [0.717, 1.165) is 0 Å². The van der Waals surface area contributed by atoms with E-state index in [1.807, 2.05) is 0 Å². The standard InChI is InChI=1S/C16H16N2O5/c1-9(19)8-23-13-4-2-3-10-11(13)7-18(16(10)22)12-5-6-14(20)17-15(12)21/h2-4,12,19H,1,5-8H2,(H,17,20,21). The Morgan fingerprint density at radius 3 is 2.87 bits per heavy atom. The number of ether oxygens (including phenoxy) is 1. The molecule has 0 aliphatic carbocycles. The van der Waals surface area contributed by atoms with Crippen molar-refractivity contribution in [3.05, 3.63) is 41.7 Å². The lowest BCUT2D eigenvalue weighted by molar-refractivity contribution is -0.136. The van der Waals surface area contributed by atoms with Crippen LogP contribution in [0.2, 0.25) is 0 Å². The summed E-state index contributed by atoms with van der Waals surface area (Å²) in [5, 5.41) is 11.4. The van der Waals surface area contributed by atoms with Crippen molar-refractivity contribution in [1.82, 2.24) is 10.2 Å². The maximum Gasteiger partial charge on any atom is 0.255 e. The molecule has 1 unspecified atom stereocenters. The highest BCUT2D eigenvalue weighted by molar-refractivity contribution is 6.05. The lowest BCUT2D eigenvalue weighted by atomic mass is 10.0. The van der Waals surface area contributed by atoms with Gasteiger partial charge in [-0.3, -0.25) is 19.7 Å². The van der Waals surface area contributed by atoms with Crippen LogP contribution in [-0.2, 0) is 16.1 Å². The van der Waals surface area contributed by atoms with E-state index in [1.54, 1.807) is 18.2 Å². The molecule has 7 nitrogen and oxygen atoms in total. The predicted molar refractivity (Wildman–Crippen MR) is 79.8 cm³/mol. The van der Waals surface area contributed by atoms with E-state index in [0.29, 0.717) is 23.3 Å². The molecule has 1 fully saturated rings. The molecule has 2 heterocycles. The van der Waals surface area contributed by atoms with E-state index in [9.17, 15) is 14.4 Å². The molecule has 23 heavy (non-hydrogen) atoms. The van der Waals surface area contributed by atoms with Gasteiger partial charge in [-0.25, -0.2) is 0 Å². The first kappa shape index (κ1) is 15.1. The molecule has 0 radical (unpaired) electrons. The van der Waals surface area contributed by atoms with Crippen LogP contribution in [0.4, 0.5) is 0 Å². The molecule has 120 valence electrons. The third kappa shape index (κ3) is 2.77. The smallest absolute Gasteiger partial charge is 0.255 e. The van der Waals surface area contributed by atoms with Crippen LogP contribution in [0.5, 0.6) is 5.75 Å². The molecule has 2 aliphatic heterocycles. The summed E-state index contributed by atoms with van der Waals surface area (Å²) in [4.78, 5) is 37.2. The second-order valence-electron chi connectivity index (χ2n) is 5.54. The highest BCUT2D eigenvalue weighted by Crippen LogP contribution is 2.33. The Morgan fingerprint density at radius 1 is 1.39 bits per heavy atom. The molecule has 1 aromatic carbocycles. The number of imide groups is 1. The van der Waals surface area contributed by atoms with Crippen molar-refractivity contribution in [3.8, 4) is 5.75 Å². The van der Waals surface area contributed by atoms with E-state index >= 15 is 0 Å². The molecule has 1 saturated heterocycles. The fraction of sp³-hybridized carbons (Fsp3) is 0.312. The van der Waals surface area contributed by atoms with Crippen LogP contribution in [0.25, 0.3) is 0 Å².